The van der Waals surface area contributed by atoms with Crippen LogP contribution in [0.1, 0.15) is 31.2 Å². The van der Waals surface area contributed by atoms with Crippen molar-refractivity contribution in [1.82, 2.24) is 10.2 Å². The van der Waals surface area contributed by atoms with E-state index in [0.29, 0.717) is 18.2 Å². The molecule has 0 amide bonds. The number of nitrogens with one attached hydrogen (secondary N) is 1. The molecule has 0 aliphatic carbocycles. The number of benzene rings is 1. The van der Waals surface area contributed by atoms with Crippen LogP contribution in [0.4, 0.5) is 0 Å². The average Bonchev–Trinajstić information content (AvgIpc) is 2.99. The van der Waals surface area contributed by atoms with Crippen LogP contribution >= 0.6 is 0 Å². The highest BCUT2D eigenvalue weighted by Gasteiger charge is 2.35. The Kier molecular flexibility index (Phi) is 4.48. The maximum absolute atomic E-state index is 12.6. The first kappa shape index (κ1) is 13.8. The van der Waals surface area contributed by atoms with Crippen molar-refractivity contribution < 1.29 is 4.79 Å². The van der Waals surface area contributed by atoms with E-state index < -0.39 is 0 Å². The van der Waals surface area contributed by atoms with Crippen molar-refractivity contribution in [2.45, 2.75) is 44.2 Å². The first-order chi connectivity index (χ1) is 9.84. The molecule has 20 heavy (non-hydrogen) atoms. The highest BCUT2D eigenvalue weighted by molar-refractivity contribution is 5.86. The van der Waals surface area contributed by atoms with Gasteiger partial charge < -0.3 is 5.32 Å². The second-order valence-electron chi connectivity index (χ2n) is 6.01. The van der Waals surface area contributed by atoms with Gasteiger partial charge >= 0.3 is 0 Å². The lowest BCUT2D eigenvalue weighted by atomic mass is 9.98. The second-order valence-corrected chi connectivity index (χ2v) is 6.01. The Bertz CT molecular complexity index is 440. The first-order valence-electron chi connectivity index (χ1n) is 7.88. The lowest BCUT2D eigenvalue weighted by Gasteiger charge is -2.35. The molecule has 0 spiro atoms. The topological polar surface area (TPSA) is 32.3 Å². The summed E-state index contributed by atoms with van der Waals surface area (Å²) in [7, 11) is 0. The van der Waals surface area contributed by atoms with E-state index in [1.54, 1.807) is 0 Å². The van der Waals surface area contributed by atoms with E-state index in [4.69, 9.17) is 0 Å². The van der Waals surface area contributed by atoms with Gasteiger partial charge in [-0.15, -0.1) is 0 Å². The van der Waals surface area contributed by atoms with Crippen LogP contribution < -0.4 is 5.32 Å². The molecule has 2 aliphatic heterocycles. The van der Waals surface area contributed by atoms with E-state index in [9.17, 15) is 4.79 Å². The summed E-state index contributed by atoms with van der Waals surface area (Å²) in [4.78, 5) is 15.1. The molecule has 1 aromatic rings. The summed E-state index contributed by atoms with van der Waals surface area (Å²) < 4.78 is 0. The third-order valence-corrected chi connectivity index (χ3v) is 4.66. The second kappa shape index (κ2) is 6.51. The number of nitrogens with zero attached hydrogens (tertiary/aromatic N) is 1. The van der Waals surface area contributed by atoms with Crippen molar-refractivity contribution in [1.29, 1.82) is 0 Å². The standard InChI is InChI=1S/C17H24N2O/c20-17(13-14-5-2-1-3-6-14)16-7-4-12-19(16)15-8-10-18-11-9-15/h1-3,5-6,15-16,18H,4,7-13H2. The zero-order chi connectivity index (χ0) is 13.8. The van der Waals surface area contributed by atoms with Crippen LogP contribution in [0.15, 0.2) is 30.3 Å². The summed E-state index contributed by atoms with van der Waals surface area (Å²) in [5, 5.41) is 3.41. The zero-order valence-electron chi connectivity index (χ0n) is 12.1. The third kappa shape index (κ3) is 3.10. The largest absolute Gasteiger partial charge is 0.317 e. The number of carbonyl (C=O) groups is 1. The summed E-state index contributed by atoms with van der Waals surface area (Å²) in [6, 6.07) is 10.9. The predicted octanol–water partition coefficient (Wildman–Crippen LogP) is 2.01. The Morgan fingerprint density at radius 2 is 1.90 bits per heavy atom. The highest BCUT2D eigenvalue weighted by Crippen LogP contribution is 2.25. The van der Waals surface area contributed by atoms with Gasteiger partial charge in [-0.2, -0.15) is 0 Å². The van der Waals surface area contributed by atoms with Crippen LogP contribution in [-0.2, 0) is 11.2 Å². The molecule has 2 heterocycles. The third-order valence-electron chi connectivity index (χ3n) is 4.66. The maximum atomic E-state index is 12.6. The number of hydrogen-bond donors (Lipinski definition) is 1. The number of piperidine rings is 1. The van der Waals surface area contributed by atoms with Gasteiger partial charge in [0, 0.05) is 12.5 Å². The molecule has 2 aliphatic rings. The fraction of sp³-hybridized carbons (Fsp3) is 0.588. The Morgan fingerprint density at radius 3 is 2.65 bits per heavy atom. The molecule has 0 bridgehead atoms. The molecule has 2 saturated heterocycles. The number of Topliss-reactive ketones (excluding diaryl/α,β-unsaturated/α-hetero) is 1. The van der Waals surface area contributed by atoms with Gasteiger partial charge in [-0.1, -0.05) is 30.3 Å². The first-order valence-corrected chi connectivity index (χ1v) is 7.88. The summed E-state index contributed by atoms with van der Waals surface area (Å²) in [6.45, 7) is 3.30. The van der Waals surface area contributed by atoms with Crippen molar-refractivity contribution in [2.75, 3.05) is 19.6 Å². The van der Waals surface area contributed by atoms with Crippen LogP contribution in [0.2, 0.25) is 0 Å². The van der Waals surface area contributed by atoms with Gasteiger partial charge in [0.15, 0.2) is 5.78 Å². The van der Waals surface area contributed by atoms with Gasteiger partial charge in [0.1, 0.15) is 0 Å². The van der Waals surface area contributed by atoms with Crippen LogP contribution in [0.25, 0.3) is 0 Å². The van der Waals surface area contributed by atoms with E-state index in [1.807, 2.05) is 18.2 Å². The molecule has 1 atom stereocenters. The molecule has 0 radical (unpaired) electrons. The summed E-state index contributed by atoms with van der Waals surface area (Å²) in [6.07, 6.45) is 5.20. The number of rotatable bonds is 4. The molecule has 1 aromatic carbocycles. The van der Waals surface area contributed by atoms with Crippen LogP contribution in [-0.4, -0.2) is 42.4 Å². The number of ketones is 1. The van der Waals surface area contributed by atoms with Crippen molar-refractivity contribution >= 4 is 5.78 Å². The number of likely N-dealkylation sites (tertiary alicyclic amines) is 1. The smallest absolute Gasteiger partial charge is 0.154 e. The van der Waals surface area contributed by atoms with E-state index >= 15 is 0 Å². The van der Waals surface area contributed by atoms with Crippen LogP contribution in [0, 0.1) is 0 Å². The molecule has 3 rings (SSSR count). The van der Waals surface area contributed by atoms with E-state index in [0.717, 1.165) is 31.6 Å². The number of carbonyl (C=O) groups excluding carboxylic acids is 1. The Morgan fingerprint density at radius 1 is 1.15 bits per heavy atom. The SMILES string of the molecule is O=C(Cc1ccccc1)C1CCCN1C1CCNCC1. The molecular formula is C17H24N2O. The lowest BCUT2D eigenvalue weighted by Crippen LogP contribution is -2.48. The van der Waals surface area contributed by atoms with Gasteiger partial charge in [0.05, 0.1) is 6.04 Å². The Balaban J connectivity index is 1.64. The molecule has 0 aromatic heterocycles. The minimum atomic E-state index is 0.165. The fourth-order valence-electron chi connectivity index (χ4n) is 3.63. The van der Waals surface area contributed by atoms with Crippen molar-refractivity contribution in [3.05, 3.63) is 35.9 Å². The Labute approximate surface area is 121 Å². The van der Waals surface area contributed by atoms with Gasteiger partial charge in [-0.3, -0.25) is 9.69 Å². The van der Waals surface area contributed by atoms with Gasteiger partial charge in [-0.05, 0) is 50.9 Å². The highest BCUT2D eigenvalue weighted by atomic mass is 16.1. The molecule has 3 heteroatoms. The van der Waals surface area contributed by atoms with Crippen molar-refractivity contribution in [2.24, 2.45) is 0 Å². The quantitative estimate of drug-likeness (QED) is 0.910. The molecule has 1 unspecified atom stereocenters. The molecule has 1 N–H and O–H groups in total. The lowest BCUT2D eigenvalue weighted by molar-refractivity contribution is -0.123. The zero-order valence-corrected chi connectivity index (χ0v) is 12.1. The summed E-state index contributed by atoms with van der Waals surface area (Å²) >= 11 is 0. The monoisotopic (exact) mass is 272 g/mol. The van der Waals surface area contributed by atoms with Gasteiger partial charge in [0.2, 0.25) is 0 Å². The molecule has 0 saturated carbocycles. The van der Waals surface area contributed by atoms with E-state index in [1.165, 1.54) is 19.3 Å². The predicted molar refractivity (Wildman–Crippen MR) is 80.8 cm³/mol. The molecule has 108 valence electrons. The van der Waals surface area contributed by atoms with E-state index in [2.05, 4.69) is 22.3 Å². The normalized spacial score (nSPS) is 24.9. The minimum Gasteiger partial charge on any atom is -0.317 e. The van der Waals surface area contributed by atoms with Crippen molar-refractivity contribution in [3.63, 3.8) is 0 Å². The van der Waals surface area contributed by atoms with E-state index in [-0.39, 0.29) is 6.04 Å². The molecule has 3 nitrogen and oxygen atoms in total. The molecular weight excluding hydrogens is 248 g/mol. The van der Waals surface area contributed by atoms with Gasteiger partial charge in [0.25, 0.3) is 0 Å². The van der Waals surface area contributed by atoms with Crippen LogP contribution in [0.5, 0.6) is 0 Å². The number of hydrogen-bond acceptors (Lipinski definition) is 3. The van der Waals surface area contributed by atoms with Crippen molar-refractivity contribution in [3.8, 4) is 0 Å². The van der Waals surface area contributed by atoms with Gasteiger partial charge in [-0.25, -0.2) is 0 Å². The molecule has 2 fully saturated rings. The summed E-state index contributed by atoms with van der Waals surface area (Å²) in [5.41, 5.74) is 1.15. The Hall–Kier alpha value is -1.19. The van der Waals surface area contributed by atoms with Crippen LogP contribution in [0.3, 0.4) is 0 Å². The fourth-order valence-corrected chi connectivity index (χ4v) is 3.63. The minimum absolute atomic E-state index is 0.165. The summed E-state index contributed by atoms with van der Waals surface area (Å²) in [5.74, 6) is 0.409. The maximum Gasteiger partial charge on any atom is 0.154 e. The average molecular weight is 272 g/mol.